The lowest BCUT2D eigenvalue weighted by atomic mass is 9.85. The van der Waals surface area contributed by atoms with Crippen LogP contribution in [0, 0.1) is 6.92 Å². The number of likely N-dealkylation sites (N-methyl/N-ethyl adjacent to an activating group) is 1. The number of hydrogen-bond donors (Lipinski definition) is 2. The number of hydrogen-bond acceptors (Lipinski definition) is 5. The summed E-state index contributed by atoms with van der Waals surface area (Å²) in [4.78, 5) is 28.1. The summed E-state index contributed by atoms with van der Waals surface area (Å²) >= 11 is 1.47. The van der Waals surface area contributed by atoms with Crippen LogP contribution in [-0.4, -0.2) is 49.5 Å². The van der Waals surface area contributed by atoms with Crippen molar-refractivity contribution in [2.24, 2.45) is 0 Å². The molecule has 7 heteroatoms. The van der Waals surface area contributed by atoms with E-state index in [-0.39, 0.29) is 11.8 Å². The third-order valence-corrected chi connectivity index (χ3v) is 6.08. The highest BCUT2D eigenvalue weighted by atomic mass is 32.1. The molecule has 0 aliphatic carbocycles. The van der Waals surface area contributed by atoms with Crippen molar-refractivity contribution in [3.8, 4) is 5.75 Å². The fourth-order valence-corrected chi connectivity index (χ4v) is 4.34. The van der Waals surface area contributed by atoms with Gasteiger partial charge in [0.2, 0.25) is 5.91 Å². The standard InChI is InChI=1S/C20H25N3O3S/c1-14-7-12-27-17(14)18(24)23-10-8-20(9-11-23,19(25)21-2)22-15-5-4-6-16(13-15)26-3/h4-7,12-13,22H,8-11H2,1-3H3,(H,21,25). The molecule has 2 aromatic rings. The van der Waals surface area contributed by atoms with Crippen LogP contribution in [-0.2, 0) is 4.79 Å². The Morgan fingerprint density at radius 1 is 1.22 bits per heavy atom. The number of benzene rings is 1. The van der Waals surface area contributed by atoms with Crippen LogP contribution in [0.5, 0.6) is 5.75 Å². The maximum absolute atomic E-state index is 12.8. The van der Waals surface area contributed by atoms with E-state index in [1.807, 2.05) is 47.5 Å². The van der Waals surface area contributed by atoms with Crippen LogP contribution in [0.3, 0.4) is 0 Å². The number of amides is 2. The summed E-state index contributed by atoms with van der Waals surface area (Å²) in [5.74, 6) is 0.715. The highest BCUT2D eigenvalue weighted by Gasteiger charge is 2.42. The fraction of sp³-hybridized carbons (Fsp3) is 0.400. The molecule has 0 unspecified atom stereocenters. The molecule has 1 fully saturated rings. The Kier molecular flexibility index (Phi) is 5.70. The number of aryl methyl sites for hydroxylation is 1. The summed E-state index contributed by atoms with van der Waals surface area (Å²) < 4.78 is 5.27. The predicted molar refractivity (Wildman–Crippen MR) is 108 cm³/mol. The molecule has 144 valence electrons. The average Bonchev–Trinajstić information content (AvgIpc) is 3.13. The number of piperidine rings is 1. The van der Waals surface area contributed by atoms with Gasteiger partial charge in [-0.05, 0) is 48.9 Å². The van der Waals surface area contributed by atoms with Crippen LogP contribution >= 0.6 is 11.3 Å². The molecule has 6 nitrogen and oxygen atoms in total. The monoisotopic (exact) mass is 387 g/mol. The Morgan fingerprint density at radius 2 is 1.96 bits per heavy atom. The number of ether oxygens (including phenoxy) is 1. The minimum absolute atomic E-state index is 0.0504. The Balaban J connectivity index is 1.76. The van der Waals surface area contributed by atoms with Gasteiger partial charge in [0.25, 0.3) is 5.91 Å². The Hall–Kier alpha value is -2.54. The molecule has 27 heavy (non-hydrogen) atoms. The summed E-state index contributed by atoms with van der Waals surface area (Å²) in [5.41, 5.74) is 1.08. The smallest absolute Gasteiger partial charge is 0.264 e. The Labute approximate surface area is 163 Å². The van der Waals surface area contributed by atoms with Crippen molar-refractivity contribution in [1.82, 2.24) is 10.2 Å². The van der Waals surface area contributed by atoms with Crippen molar-refractivity contribution in [3.63, 3.8) is 0 Å². The summed E-state index contributed by atoms with van der Waals surface area (Å²) in [6.45, 7) is 3.01. The van der Waals surface area contributed by atoms with Crippen molar-refractivity contribution >= 4 is 28.8 Å². The predicted octanol–water partition coefficient (Wildman–Crippen LogP) is 2.90. The lowest BCUT2D eigenvalue weighted by molar-refractivity contribution is -0.126. The minimum atomic E-state index is -0.748. The zero-order valence-corrected chi connectivity index (χ0v) is 16.7. The van der Waals surface area contributed by atoms with Crippen molar-refractivity contribution in [2.45, 2.75) is 25.3 Å². The van der Waals surface area contributed by atoms with Gasteiger partial charge in [-0.25, -0.2) is 0 Å². The van der Waals surface area contributed by atoms with Gasteiger partial charge in [0, 0.05) is 31.9 Å². The molecular weight excluding hydrogens is 362 g/mol. The molecule has 0 radical (unpaired) electrons. The third kappa shape index (κ3) is 3.93. The number of nitrogens with zero attached hydrogens (tertiary/aromatic N) is 1. The van der Waals surface area contributed by atoms with E-state index in [1.54, 1.807) is 14.2 Å². The summed E-state index contributed by atoms with van der Waals surface area (Å²) in [6.07, 6.45) is 1.08. The molecule has 0 saturated carbocycles. The quantitative estimate of drug-likeness (QED) is 0.828. The van der Waals surface area contributed by atoms with E-state index in [1.165, 1.54) is 11.3 Å². The first-order chi connectivity index (χ1) is 13.0. The highest BCUT2D eigenvalue weighted by Crippen LogP contribution is 2.30. The molecule has 1 aliphatic heterocycles. The zero-order valence-electron chi connectivity index (χ0n) is 15.9. The first-order valence-corrected chi connectivity index (χ1v) is 9.85. The number of rotatable bonds is 5. The molecule has 2 N–H and O–H groups in total. The van der Waals surface area contributed by atoms with Gasteiger partial charge in [-0.1, -0.05) is 6.07 Å². The summed E-state index contributed by atoms with van der Waals surface area (Å²) in [6, 6.07) is 9.50. The van der Waals surface area contributed by atoms with Gasteiger partial charge in [0.1, 0.15) is 11.3 Å². The Bertz CT molecular complexity index is 825. The molecule has 0 bridgehead atoms. The van der Waals surface area contributed by atoms with Gasteiger partial charge in [-0.2, -0.15) is 0 Å². The summed E-state index contributed by atoms with van der Waals surface area (Å²) in [5, 5.41) is 8.11. The van der Waals surface area contributed by atoms with Crippen LogP contribution in [0.25, 0.3) is 0 Å². The van der Waals surface area contributed by atoms with Gasteiger partial charge in [0.05, 0.1) is 12.0 Å². The maximum atomic E-state index is 12.8. The zero-order chi connectivity index (χ0) is 19.4. The molecule has 2 heterocycles. The molecule has 0 atom stereocenters. The molecular formula is C20H25N3O3S. The topological polar surface area (TPSA) is 70.7 Å². The van der Waals surface area contributed by atoms with Crippen molar-refractivity contribution in [2.75, 3.05) is 32.6 Å². The number of likely N-dealkylation sites (tertiary alicyclic amines) is 1. The first kappa shape index (κ1) is 19.2. The number of nitrogens with one attached hydrogen (secondary N) is 2. The first-order valence-electron chi connectivity index (χ1n) is 8.97. The Morgan fingerprint density at radius 3 is 2.56 bits per heavy atom. The van der Waals surface area contributed by atoms with Gasteiger partial charge in [-0.3, -0.25) is 9.59 Å². The maximum Gasteiger partial charge on any atom is 0.264 e. The van der Waals surface area contributed by atoms with Crippen LogP contribution < -0.4 is 15.4 Å². The largest absolute Gasteiger partial charge is 0.497 e. The number of methoxy groups -OCH3 is 1. The van der Waals surface area contributed by atoms with E-state index in [0.717, 1.165) is 21.9 Å². The van der Waals surface area contributed by atoms with Crippen molar-refractivity contribution in [1.29, 1.82) is 0 Å². The van der Waals surface area contributed by atoms with E-state index in [0.29, 0.717) is 25.9 Å². The highest BCUT2D eigenvalue weighted by molar-refractivity contribution is 7.12. The van der Waals surface area contributed by atoms with E-state index in [9.17, 15) is 9.59 Å². The second-order valence-electron chi connectivity index (χ2n) is 6.74. The van der Waals surface area contributed by atoms with E-state index < -0.39 is 5.54 Å². The second-order valence-corrected chi connectivity index (χ2v) is 7.66. The van der Waals surface area contributed by atoms with Gasteiger partial charge >= 0.3 is 0 Å². The number of carbonyl (C=O) groups is 2. The number of thiophene rings is 1. The van der Waals surface area contributed by atoms with Crippen molar-refractivity contribution in [3.05, 3.63) is 46.2 Å². The van der Waals surface area contributed by atoms with Crippen LogP contribution in [0.2, 0.25) is 0 Å². The lowest BCUT2D eigenvalue weighted by Crippen LogP contribution is -2.58. The van der Waals surface area contributed by atoms with Crippen LogP contribution in [0.15, 0.2) is 35.7 Å². The number of anilines is 1. The fourth-order valence-electron chi connectivity index (χ4n) is 3.45. The van der Waals surface area contributed by atoms with E-state index >= 15 is 0 Å². The third-order valence-electron chi connectivity index (χ3n) is 5.08. The molecule has 1 aromatic heterocycles. The van der Waals surface area contributed by atoms with Crippen LogP contribution in [0.1, 0.15) is 28.1 Å². The molecule has 2 amide bonds. The normalized spacial score (nSPS) is 15.9. The molecule has 3 rings (SSSR count). The number of carbonyl (C=O) groups excluding carboxylic acids is 2. The molecule has 1 saturated heterocycles. The van der Waals surface area contributed by atoms with Crippen LogP contribution in [0.4, 0.5) is 5.69 Å². The summed E-state index contributed by atoms with van der Waals surface area (Å²) in [7, 11) is 3.26. The molecule has 0 spiro atoms. The van der Waals surface area contributed by atoms with Gasteiger partial charge < -0.3 is 20.3 Å². The minimum Gasteiger partial charge on any atom is -0.497 e. The molecule has 1 aromatic carbocycles. The van der Waals surface area contributed by atoms with Gasteiger partial charge in [-0.15, -0.1) is 11.3 Å². The molecule has 1 aliphatic rings. The lowest BCUT2D eigenvalue weighted by Gasteiger charge is -2.41. The average molecular weight is 388 g/mol. The van der Waals surface area contributed by atoms with Crippen molar-refractivity contribution < 1.29 is 14.3 Å². The van der Waals surface area contributed by atoms with E-state index in [2.05, 4.69) is 10.6 Å². The van der Waals surface area contributed by atoms with E-state index in [4.69, 9.17) is 4.74 Å². The second kappa shape index (κ2) is 8.00. The SMILES string of the molecule is CNC(=O)C1(Nc2cccc(OC)c2)CCN(C(=O)c2sccc2C)CC1. The van der Waals surface area contributed by atoms with Gasteiger partial charge in [0.15, 0.2) is 0 Å².